The highest BCUT2D eigenvalue weighted by Crippen LogP contribution is 2.19. The summed E-state index contributed by atoms with van der Waals surface area (Å²) in [5, 5.41) is 12.9. The predicted molar refractivity (Wildman–Crippen MR) is 87.9 cm³/mol. The lowest BCUT2D eigenvalue weighted by Gasteiger charge is -2.12. The van der Waals surface area contributed by atoms with Crippen molar-refractivity contribution >= 4 is 11.7 Å². The molecular weight excluding hydrogens is 294 g/mol. The van der Waals surface area contributed by atoms with Crippen LogP contribution in [0.25, 0.3) is 0 Å². The van der Waals surface area contributed by atoms with E-state index < -0.39 is 5.97 Å². The van der Waals surface area contributed by atoms with Gasteiger partial charge in [0.2, 0.25) is 0 Å². The Balaban J connectivity index is 2.25. The van der Waals surface area contributed by atoms with Crippen molar-refractivity contribution in [3.63, 3.8) is 0 Å². The average Bonchev–Trinajstić information content (AvgIpc) is 2.54. The maximum atomic E-state index is 11.3. The first kappa shape index (κ1) is 16.5. The van der Waals surface area contributed by atoms with Gasteiger partial charge in [-0.3, -0.25) is 0 Å². The summed E-state index contributed by atoms with van der Waals surface area (Å²) in [6.45, 7) is 4.30. The number of aliphatic carboxylic acids is 1. The van der Waals surface area contributed by atoms with Gasteiger partial charge in [0.25, 0.3) is 0 Å². The van der Waals surface area contributed by atoms with Gasteiger partial charge in [0.15, 0.2) is 5.71 Å². The van der Waals surface area contributed by atoms with Gasteiger partial charge in [-0.25, -0.2) is 4.79 Å². The van der Waals surface area contributed by atoms with Crippen LogP contribution in [-0.4, -0.2) is 23.9 Å². The van der Waals surface area contributed by atoms with Gasteiger partial charge in [0.1, 0.15) is 19.5 Å². The van der Waals surface area contributed by atoms with E-state index in [1.165, 1.54) is 12.7 Å². The number of carboxylic acids is 1. The van der Waals surface area contributed by atoms with Crippen LogP contribution in [0.1, 0.15) is 22.3 Å². The third-order valence-corrected chi connectivity index (χ3v) is 3.53. The van der Waals surface area contributed by atoms with Crippen LogP contribution in [0.5, 0.6) is 5.75 Å². The Morgan fingerprint density at radius 3 is 2.52 bits per heavy atom. The van der Waals surface area contributed by atoms with Crippen LogP contribution in [0, 0.1) is 13.8 Å². The summed E-state index contributed by atoms with van der Waals surface area (Å²) in [4.78, 5) is 16.0. The van der Waals surface area contributed by atoms with Crippen molar-refractivity contribution in [2.24, 2.45) is 5.16 Å². The van der Waals surface area contributed by atoms with Crippen molar-refractivity contribution < 1.29 is 19.5 Å². The Morgan fingerprint density at radius 2 is 1.87 bits per heavy atom. The van der Waals surface area contributed by atoms with Gasteiger partial charge in [-0.1, -0.05) is 35.5 Å². The molecule has 0 bridgehead atoms. The minimum Gasteiger partial charge on any atom is -0.489 e. The number of oxime groups is 1. The number of carboxylic acid groups (broad SMARTS) is 1. The molecule has 0 aliphatic carbocycles. The Labute approximate surface area is 135 Å². The summed E-state index contributed by atoms with van der Waals surface area (Å²) in [5.74, 6) is -0.408. The molecule has 120 valence electrons. The molecular formula is C18H19NO4. The Kier molecular flexibility index (Phi) is 5.36. The fourth-order valence-electron chi connectivity index (χ4n) is 2.14. The fraction of sp³-hybridized carbons (Fsp3) is 0.222. The third-order valence-electron chi connectivity index (χ3n) is 3.53. The van der Waals surface area contributed by atoms with E-state index >= 15 is 0 Å². The highest BCUT2D eigenvalue weighted by Gasteiger charge is 2.17. The minimum atomic E-state index is -1.15. The molecule has 0 heterocycles. The molecule has 0 aromatic heterocycles. The number of rotatable bonds is 6. The minimum absolute atomic E-state index is 0.146. The first-order valence-electron chi connectivity index (χ1n) is 7.15. The zero-order chi connectivity index (χ0) is 16.8. The summed E-state index contributed by atoms with van der Waals surface area (Å²) in [5.41, 5.74) is 3.39. The summed E-state index contributed by atoms with van der Waals surface area (Å²) >= 11 is 0. The monoisotopic (exact) mass is 313 g/mol. The molecule has 5 nitrogen and oxygen atoms in total. The molecule has 2 aromatic rings. The zero-order valence-corrected chi connectivity index (χ0v) is 13.4. The lowest BCUT2D eigenvalue weighted by Crippen LogP contribution is -2.17. The second-order valence-corrected chi connectivity index (χ2v) is 5.12. The van der Waals surface area contributed by atoms with Crippen molar-refractivity contribution in [1.29, 1.82) is 0 Å². The largest absolute Gasteiger partial charge is 0.489 e. The number of hydrogen-bond acceptors (Lipinski definition) is 4. The van der Waals surface area contributed by atoms with E-state index in [0.717, 1.165) is 16.9 Å². The Morgan fingerprint density at radius 1 is 1.13 bits per heavy atom. The lowest BCUT2D eigenvalue weighted by atomic mass is 10.0. The summed E-state index contributed by atoms with van der Waals surface area (Å²) in [6, 6.07) is 12.9. The van der Waals surface area contributed by atoms with Crippen LogP contribution in [-0.2, 0) is 16.2 Å². The molecule has 0 spiro atoms. The van der Waals surface area contributed by atoms with Gasteiger partial charge >= 0.3 is 5.97 Å². The second-order valence-electron chi connectivity index (χ2n) is 5.12. The SMILES string of the molecule is CON=C(C(=O)O)c1ccccc1COc1ccc(C)c(C)c1. The van der Waals surface area contributed by atoms with E-state index in [2.05, 4.69) is 9.99 Å². The molecule has 2 aromatic carbocycles. The van der Waals surface area contributed by atoms with Crippen LogP contribution in [0.15, 0.2) is 47.6 Å². The van der Waals surface area contributed by atoms with Gasteiger partial charge in [-0.2, -0.15) is 0 Å². The van der Waals surface area contributed by atoms with Gasteiger partial charge in [-0.05, 0) is 42.7 Å². The average molecular weight is 313 g/mol. The van der Waals surface area contributed by atoms with Gasteiger partial charge < -0.3 is 14.7 Å². The maximum Gasteiger partial charge on any atom is 0.358 e. The van der Waals surface area contributed by atoms with E-state index in [0.29, 0.717) is 5.56 Å². The van der Waals surface area contributed by atoms with Crippen LogP contribution in [0.4, 0.5) is 0 Å². The molecule has 0 saturated heterocycles. The van der Waals surface area contributed by atoms with E-state index in [4.69, 9.17) is 4.74 Å². The molecule has 0 amide bonds. The number of nitrogens with zero attached hydrogens (tertiary/aromatic N) is 1. The van der Waals surface area contributed by atoms with E-state index in [-0.39, 0.29) is 12.3 Å². The van der Waals surface area contributed by atoms with Crippen LogP contribution in [0.3, 0.4) is 0 Å². The van der Waals surface area contributed by atoms with Crippen LogP contribution in [0.2, 0.25) is 0 Å². The zero-order valence-electron chi connectivity index (χ0n) is 13.4. The molecule has 5 heteroatoms. The molecule has 0 aliphatic rings. The number of carbonyl (C=O) groups is 1. The maximum absolute atomic E-state index is 11.3. The topological polar surface area (TPSA) is 68.1 Å². The molecule has 0 saturated carbocycles. The number of benzene rings is 2. The van der Waals surface area contributed by atoms with Gasteiger partial charge in [-0.15, -0.1) is 0 Å². The van der Waals surface area contributed by atoms with E-state index in [1.54, 1.807) is 12.1 Å². The van der Waals surface area contributed by atoms with E-state index in [1.807, 2.05) is 44.2 Å². The highest BCUT2D eigenvalue weighted by molar-refractivity contribution is 6.42. The van der Waals surface area contributed by atoms with Crippen molar-refractivity contribution in [3.05, 3.63) is 64.7 Å². The van der Waals surface area contributed by atoms with Crippen molar-refractivity contribution in [3.8, 4) is 5.75 Å². The molecule has 0 aliphatic heterocycles. The highest BCUT2D eigenvalue weighted by atomic mass is 16.6. The number of aryl methyl sites for hydroxylation is 2. The quantitative estimate of drug-likeness (QED) is 0.656. The van der Waals surface area contributed by atoms with E-state index in [9.17, 15) is 9.90 Å². The van der Waals surface area contributed by atoms with Crippen molar-refractivity contribution in [1.82, 2.24) is 0 Å². The Hall–Kier alpha value is -2.82. The summed E-state index contributed by atoms with van der Waals surface area (Å²) < 4.78 is 5.79. The molecule has 0 radical (unpaired) electrons. The summed E-state index contributed by atoms with van der Waals surface area (Å²) in [6.07, 6.45) is 0. The van der Waals surface area contributed by atoms with Crippen molar-refractivity contribution in [2.45, 2.75) is 20.5 Å². The standard InChI is InChI=1S/C18H19NO4/c1-12-8-9-15(10-13(12)2)23-11-14-6-4-5-7-16(14)17(18(20)21)19-22-3/h4-10H,11H2,1-3H3,(H,20,21). The smallest absolute Gasteiger partial charge is 0.358 e. The van der Waals surface area contributed by atoms with Crippen LogP contribution >= 0.6 is 0 Å². The lowest BCUT2D eigenvalue weighted by molar-refractivity contribution is -0.129. The first-order valence-corrected chi connectivity index (χ1v) is 7.15. The third kappa shape index (κ3) is 4.10. The molecule has 23 heavy (non-hydrogen) atoms. The van der Waals surface area contributed by atoms with Crippen LogP contribution < -0.4 is 4.74 Å². The predicted octanol–water partition coefficient (Wildman–Crippen LogP) is 3.32. The van der Waals surface area contributed by atoms with Crippen molar-refractivity contribution in [2.75, 3.05) is 7.11 Å². The summed E-state index contributed by atoms with van der Waals surface area (Å²) in [7, 11) is 1.32. The first-order chi connectivity index (χ1) is 11.0. The fourth-order valence-corrected chi connectivity index (χ4v) is 2.14. The Bertz CT molecular complexity index is 738. The molecule has 2 rings (SSSR count). The second kappa shape index (κ2) is 7.45. The molecule has 0 fully saturated rings. The van der Waals surface area contributed by atoms with Gasteiger partial charge in [0.05, 0.1) is 0 Å². The molecule has 0 unspecified atom stereocenters. The molecule has 0 atom stereocenters. The number of ether oxygens (including phenoxy) is 1. The molecule has 1 N–H and O–H groups in total. The van der Waals surface area contributed by atoms with Gasteiger partial charge in [0, 0.05) is 5.56 Å². The number of hydrogen-bond donors (Lipinski definition) is 1. The normalized spacial score (nSPS) is 11.2.